The third kappa shape index (κ3) is 41.3. The summed E-state index contributed by atoms with van der Waals surface area (Å²) in [7, 11) is 0. The lowest BCUT2D eigenvalue weighted by Crippen LogP contribution is -2.50. The van der Waals surface area contributed by atoms with Gasteiger partial charge in [-0.05, 0) is 38.5 Å². The third-order valence-corrected chi connectivity index (χ3v) is 12.1. The number of nitrogens with one attached hydrogen (secondary N) is 1. The zero-order chi connectivity index (χ0) is 40.8. The Hall–Kier alpha value is -0.910. The molecular weight excluding hydrogens is 691 g/mol. The number of amides is 1. The first-order valence-corrected chi connectivity index (χ1v) is 25.5. The highest BCUT2D eigenvalue weighted by Crippen LogP contribution is 2.17. The topological polar surface area (TPSA) is 89.8 Å². The van der Waals surface area contributed by atoms with Crippen molar-refractivity contribution >= 4 is 5.91 Å². The normalized spacial score (nSPS) is 13.4. The summed E-state index contributed by atoms with van der Waals surface area (Å²) >= 11 is 0. The highest BCUT2D eigenvalue weighted by atomic mass is 16.3. The maximum atomic E-state index is 12.5. The van der Waals surface area contributed by atoms with E-state index in [1.54, 1.807) is 0 Å². The van der Waals surface area contributed by atoms with Crippen LogP contribution in [0.5, 0.6) is 0 Å². The number of carbonyl (C=O) groups is 1. The average molecular weight is 792 g/mol. The van der Waals surface area contributed by atoms with Crippen molar-refractivity contribution in [2.75, 3.05) is 6.61 Å². The summed E-state index contributed by atoms with van der Waals surface area (Å²) in [5, 5.41) is 33.7. The predicted molar refractivity (Wildman–Crippen MR) is 245 cm³/mol. The van der Waals surface area contributed by atoms with Gasteiger partial charge in [0, 0.05) is 6.42 Å². The molecule has 0 aromatic carbocycles. The minimum absolute atomic E-state index is 0.148. The SMILES string of the molecule is CCCCCCCCCCCCCCCCC/C=C/CCCC(O)C(O)C(CO)NC(=O)CCCCCCCCCCCCCCCCCCCCCCCC. The van der Waals surface area contributed by atoms with Gasteiger partial charge in [-0.3, -0.25) is 4.79 Å². The van der Waals surface area contributed by atoms with Crippen molar-refractivity contribution in [1.82, 2.24) is 5.32 Å². The van der Waals surface area contributed by atoms with Crippen molar-refractivity contribution in [2.24, 2.45) is 0 Å². The van der Waals surface area contributed by atoms with Gasteiger partial charge in [0.25, 0.3) is 0 Å². The molecule has 0 saturated heterocycles. The van der Waals surface area contributed by atoms with Gasteiger partial charge in [-0.2, -0.15) is 0 Å². The van der Waals surface area contributed by atoms with E-state index in [1.165, 1.54) is 218 Å². The van der Waals surface area contributed by atoms with Crippen LogP contribution in [0.2, 0.25) is 0 Å². The summed E-state index contributed by atoms with van der Waals surface area (Å²) in [6.07, 6.45) is 56.3. The van der Waals surface area contributed by atoms with Gasteiger partial charge in [0.05, 0.1) is 18.8 Å². The standard InChI is InChI=1S/C51H101NO4/c1-3-5-7-9-11-13-15-17-19-21-23-25-26-28-30-32-34-36-38-40-42-44-46-50(55)52-48(47-53)51(56)49(54)45-43-41-39-37-35-33-31-29-27-24-22-20-18-16-14-12-10-8-6-4-2/h37,39,48-49,51,53-54,56H,3-36,38,40-47H2,1-2H3,(H,52,55)/b39-37+. The Morgan fingerprint density at radius 2 is 0.714 bits per heavy atom. The lowest BCUT2D eigenvalue weighted by Gasteiger charge is -2.26. The van der Waals surface area contributed by atoms with Crippen LogP contribution < -0.4 is 5.32 Å². The average Bonchev–Trinajstić information content (AvgIpc) is 3.20. The van der Waals surface area contributed by atoms with Crippen LogP contribution in [0.25, 0.3) is 0 Å². The van der Waals surface area contributed by atoms with Crippen molar-refractivity contribution in [3.05, 3.63) is 12.2 Å². The minimum Gasteiger partial charge on any atom is -0.394 e. The second kappa shape index (κ2) is 46.8. The Bertz CT molecular complexity index is 788. The number of rotatable bonds is 47. The first-order chi connectivity index (χ1) is 27.6. The van der Waals surface area contributed by atoms with E-state index in [1.807, 2.05) is 0 Å². The van der Waals surface area contributed by atoms with Crippen molar-refractivity contribution < 1.29 is 20.1 Å². The molecule has 0 radical (unpaired) electrons. The zero-order valence-electron chi connectivity index (χ0n) is 38.0. The van der Waals surface area contributed by atoms with Gasteiger partial charge in [0.1, 0.15) is 6.10 Å². The van der Waals surface area contributed by atoms with E-state index in [2.05, 4.69) is 31.3 Å². The Morgan fingerprint density at radius 3 is 1.04 bits per heavy atom. The molecule has 0 aliphatic carbocycles. The molecule has 5 nitrogen and oxygen atoms in total. The highest BCUT2D eigenvalue weighted by molar-refractivity contribution is 5.76. The summed E-state index contributed by atoms with van der Waals surface area (Å²) in [6, 6.07) is -0.821. The monoisotopic (exact) mass is 792 g/mol. The van der Waals surface area contributed by atoms with Gasteiger partial charge in [0.2, 0.25) is 5.91 Å². The van der Waals surface area contributed by atoms with Crippen LogP contribution >= 0.6 is 0 Å². The van der Waals surface area contributed by atoms with Crippen LogP contribution in [0.15, 0.2) is 12.2 Å². The molecule has 0 aromatic heterocycles. The second-order valence-electron chi connectivity index (χ2n) is 17.7. The lowest BCUT2D eigenvalue weighted by atomic mass is 10.0. The molecule has 0 saturated carbocycles. The summed E-state index contributed by atoms with van der Waals surface area (Å²) in [4.78, 5) is 12.5. The van der Waals surface area contributed by atoms with E-state index in [0.29, 0.717) is 12.8 Å². The van der Waals surface area contributed by atoms with E-state index in [-0.39, 0.29) is 12.5 Å². The predicted octanol–water partition coefficient (Wildman–Crippen LogP) is 15.2. The van der Waals surface area contributed by atoms with Crippen LogP contribution in [-0.4, -0.2) is 46.1 Å². The van der Waals surface area contributed by atoms with Crippen LogP contribution in [0.3, 0.4) is 0 Å². The molecule has 0 fully saturated rings. The maximum Gasteiger partial charge on any atom is 0.220 e. The number of allylic oxidation sites excluding steroid dienone is 2. The van der Waals surface area contributed by atoms with Crippen molar-refractivity contribution in [3.8, 4) is 0 Å². The Labute approximate surface area is 350 Å². The van der Waals surface area contributed by atoms with Crippen molar-refractivity contribution in [3.63, 3.8) is 0 Å². The lowest BCUT2D eigenvalue weighted by molar-refractivity contribution is -0.124. The molecule has 3 atom stereocenters. The van der Waals surface area contributed by atoms with Crippen LogP contribution in [0, 0.1) is 0 Å². The smallest absolute Gasteiger partial charge is 0.220 e. The van der Waals surface area contributed by atoms with Gasteiger partial charge in [-0.1, -0.05) is 251 Å². The zero-order valence-corrected chi connectivity index (χ0v) is 38.0. The molecule has 0 aromatic rings. The number of unbranched alkanes of at least 4 members (excludes halogenated alkanes) is 37. The Kier molecular flexibility index (Phi) is 46.0. The third-order valence-electron chi connectivity index (χ3n) is 12.1. The Balaban J connectivity index is 3.57. The summed E-state index contributed by atoms with van der Waals surface area (Å²) in [5.74, 6) is -0.148. The number of hydrogen-bond acceptors (Lipinski definition) is 4. The molecule has 5 heteroatoms. The fourth-order valence-electron chi connectivity index (χ4n) is 8.17. The van der Waals surface area contributed by atoms with E-state index in [4.69, 9.17) is 0 Å². The van der Waals surface area contributed by atoms with Gasteiger partial charge in [-0.25, -0.2) is 0 Å². The summed E-state index contributed by atoms with van der Waals surface area (Å²) in [5.41, 5.74) is 0. The van der Waals surface area contributed by atoms with Crippen LogP contribution in [0.1, 0.15) is 284 Å². The van der Waals surface area contributed by atoms with Crippen molar-refractivity contribution in [1.29, 1.82) is 0 Å². The molecular formula is C51H101NO4. The number of hydrogen-bond donors (Lipinski definition) is 4. The highest BCUT2D eigenvalue weighted by Gasteiger charge is 2.26. The molecule has 0 aliphatic heterocycles. The molecule has 56 heavy (non-hydrogen) atoms. The van der Waals surface area contributed by atoms with Crippen LogP contribution in [0.4, 0.5) is 0 Å². The van der Waals surface area contributed by atoms with E-state index in [9.17, 15) is 20.1 Å². The number of carbonyl (C=O) groups excluding carboxylic acids is 1. The maximum absolute atomic E-state index is 12.5. The molecule has 0 aliphatic rings. The molecule has 3 unspecified atom stereocenters. The number of aliphatic hydroxyl groups excluding tert-OH is 3. The molecule has 0 spiro atoms. The van der Waals surface area contributed by atoms with Gasteiger partial charge >= 0.3 is 0 Å². The molecule has 1 amide bonds. The first-order valence-electron chi connectivity index (χ1n) is 25.5. The van der Waals surface area contributed by atoms with Crippen LogP contribution in [-0.2, 0) is 4.79 Å². The van der Waals surface area contributed by atoms with Gasteiger partial charge < -0.3 is 20.6 Å². The molecule has 0 heterocycles. The largest absolute Gasteiger partial charge is 0.394 e. The second-order valence-corrected chi connectivity index (χ2v) is 17.7. The molecule has 334 valence electrons. The van der Waals surface area contributed by atoms with Gasteiger partial charge in [0.15, 0.2) is 0 Å². The fourth-order valence-corrected chi connectivity index (χ4v) is 8.17. The van der Waals surface area contributed by atoms with E-state index in [0.717, 1.165) is 38.5 Å². The fraction of sp³-hybridized carbons (Fsp3) is 0.941. The summed E-state index contributed by atoms with van der Waals surface area (Å²) in [6.45, 7) is 4.20. The first kappa shape index (κ1) is 55.1. The Morgan fingerprint density at radius 1 is 0.429 bits per heavy atom. The number of aliphatic hydroxyl groups is 3. The quantitative estimate of drug-likeness (QED) is 0.0365. The van der Waals surface area contributed by atoms with E-state index < -0.39 is 18.2 Å². The van der Waals surface area contributed by atoms with Gasteiger partial charge in [-0.15, -0.1) is 0 Å². The summed E-state index contributed by atoms with van der Waals surface area (Å²) < 4.78 is 0. The van der Waals surface area contributed by atoms with Crippen molar-refractivity contribution in [2.45, 2.75) is 302 Å². The molecule has 0 rings (SSSR count). The molecule has 0 bridgehead atoms. The minimum atomic E-state index is -1.15. The molecule has 4 N–H and O–H groups in total. The van der Waals surface area contributed by atoms with E-state index >= 15 is 0 Å².